The maximum Gasteiger partial charge on any atom is 0.401 e. The van der Waals surface area contributed by atoms with Gasteiger partial charge in [0.15, 0.2) is 0 Å². The predicted molar refractivity (Wildman–Crippen MR) is 123 cm³/mol. The number of fused-ring (bicyclic) bond motifs is 1. The number of aromatic nitrogens is 1. The molecule has 10 heteroatoms. The lowest BCUT2D eigenvalue weighted by atomic mass is 10.00. The van der Waals surface area contributed by atoms with E-state index in [1.54, 1.807) is 12.1 Å². The number of alkyl halides is 3. The number of halogens is 3. The Kier molecular flexibility index (Phi) is 7.70. The van der Waals surface area contributed by atoms with E-state index in [0.717, 1.165) is 19.5 Å². The van der Waals surface area contributed by atoms with Gasteiger partial charge >= 0.3 is 6.18 Å². The number of hydrogen-bond acceptors (Lipinski definition) is 6. The van der Waals surface area contributed by atoms with Crippen molar-refractivity contribution >= 4 is 11.7 Å². The molecule has 1 fully saturated rings. The van der Waals surface area contributed by atoms with E-state index in [1.807, 2.05) is 12.1 Å². The Labute approximate surface area is 197 Å². The molecule has 34 heavy (non-hydrogen) atoms. The number of aliphatic hydroxyl groups excluding tert-OH is 1. The van der Waals surface area contributed by atoms with Crippen molar-refractivity contribution in [2.24, 2.45) is 0 Å². The topological polar surface area (TPSA) is 80.7 Å². The first-order chi connectivity index (χ1) is 16.2. The van der Waals surface area contributed by atoms with E-state index < -0.39 is 18.8 Å². The number of likely N-dealkylation sites (tertiary alicyclic amines) is 1. The number of anilines is 1. The van der Waals surface area contributed by atoms with Gasteiger partial charge in [0.05, 0.1) is 12.6 Å². The lowest BCUT2D eigenvalue weighted by Crippen LogP contribution is -2.42. The number of nitrogens with zero attached hydrogens (tertiary/aromatic N) is 3. The number of nitrogens with one attached hydrogen (secondary N) is 2. The van der Waals surface area contributed by atoms with E-state index >= 15 is 0 Å². The molecule has 7 nitrogen and oxygen atoms in total. The Morgan fingerprint density at radius 1 is 1.18 bits per heavy atom. The standard InChI is InChI=1S/C24H30F3N5O2/c25-24(26,27)16-32-10-7-20(14-32)30-22-11-18(5-8-28-22)23(34)29-12-21(33)15-31-9-6-17-3-1-2-4-19(17)13-31/h1-5,8,11,20-21,33H,6-7,9-10,12-16H2,(H,28,30)(H,29,34). The molecule has 1 aromatic carbocycles. The number of rotatable bonds is 8. The van der Waals surface area contributed by atoms with Crippen LogP contribution in [0.5, 0.6) is 0 Å². The molecule has 2 aliphatic heterocycles. The number of hydrogen-bond donors (Lipinski definition) is 3. The largest absolute Gasteiger partial charge is 0.401 e. The van der Waals surface area contributed by atoms with Crippen molar-refractivity contribution in [1.82, 2.24) is 20.1 Å². The molecule has 0 aliphatic carbocycles. The summed E-state index contributed by atoms with van der Waals surface area (Å²) in [5, 5.41) is 16.3. The number of carbonyl (C=O) groups is 1. The molecule has 3 heterocycles. The van der Waals surface area contributed by atoms with E-state index in [0.29, 0.717) is 30.9 Å². The highest BCUT2D eigenvalue weighted by Gasteiger charge is 2.34. The van der Waals surface area contributed by atoms with Gasteiger partial charge < -0.3 is 15.7 Å². The van der Waals surface area contributed by atoms with Crippen LogP contribution in [0.4, 0.5) is 19.0 Å². The number of β-amino-alcohol motifs (C(OH)–C–C–N with tert-alkyl or cyclic N) is 1. The van der Waals surface area contributed by atoms with Crippen LogP contribution >= 0.6 is 0 Å². The van der Waals surface area contributed by atoms with Crippen LogP contribution in [0.2, 0.25) is 0 Å². The highest BCUT2D eigenvalue weighted by Crippen LogP contribution is 2.22. The van der Waals surface area contributed by atoms with Crippen molar-refractivity contribution < 1.29 is 23.1 Å². The fraction of sp³-hybridized carbons (Fsp3) is 0.500. The van der Waals surface area contributed by atoms with Gasteiger partial charge in [0.2, 0.25) is 0 Å². The van der Waals surface area contributed by atoms with Crippen LogP contribution in [-0.2, 0) is 13.0 Å². The first kappa shape index (κ1) is 24.4. The summed E-state index contributed by atoms with van der Waals surface area (Å²) >= 11 is 0. The summed E-state index contributed by atoms with van der Waals surface area (Å²) in [4.78, 5) is 20.3. The normalized spacial score (nSPS) is 20.1. The predicted octanol–water partition coefficient (Wildman–Crippen LogP) is 2.28. The molecular weight excluding hydrogens is 447 g/mol. The second-order valence-electron chi connectivity index (χ2n) is 9.03. The number of benzene rings is 1. The first-order valence-electron chi connectivity index (χ1n) is 11.5. The second-order valence-corrected chi connectivity index (χ2v) is 9.03. The number of aliphatic hydroxyl groups is 1. The van der Waals surface area contributed by atoms with Crippen LogP contribution < -0.4 is 10.6 Å². The van der Waals surface area contributed by atoms with Crippen molar-refractivity contribution in [3.8, 4) is 0 Å². The van der Waals surface area contributed by atoms with Crippen LogP contribution in [0.3, 0.4) is 0 Å². The molecule has 2 aliphatic rings. The molecule has 1 amide bonds. The third-order valence-electron chi connectivity index (χ3n) is 6.23. The van der Waals surface area contributed by atoms with Gasteiger partial charge in [-0.3, -0.25) is 14.6 Å². The lowest BCUT2D eigenvalue weighted by Gasteiger charge is -2.30. The third kappa shape index (κ3) is 6.91. The zero-order chi connectivity index (χ0) is 24.1. The molecule has 4 rings (SSSR count). The quantitative estimate of drug-likeness (QED) is 0.542. The summed E-state index contributed by atoms with van der Waals surface area (Å²) in [5.74, 6) is 0.109. The summed E-state index contributed by atoms with van der Waals surface area (Å²) < 4.78 is 37.8. The van der Waals surface area contributed by atoms with Gasteiger partial charge in [-0.1, -0.05) is 24.3 Å². The van der Waals surface area contributed by atoms with E-state index in [4.69, 9.17) is 0 Å². The minimum atomic E-state index is -4.21. The molecule has 1 aromatic heterocycles. The van der Waals surface area contributed by atoms with Crippen molar-refractivity contribution in [2.75, 3.05) is 44.6 Å². The van der Waals surface area contributed by atoms with Crippen LogP contribution in [0.25, 0.3) is 0 Å². The van der Waals surface area contributed by atoms with Gasteiger partial charge in [-0.25, -0.2) is 4.98 Å². The van der Waals surface area contributed by atoms with Crippen molar-refractivity contribution in [3.63, 3.8) is 0 Å². The van der Waals surface area contributed by atoms with E-state index in [2.05, 4.69) is 32.7 Å². The maximum atomic E-state index is 12.6. The minimum Gasteiger partial charge on any atom is -0.390 e. The average Bonchev–Trinajstić information content (AvgIpc) is 3.22. The average molecular weight is 478 g/mol. The SMILES string of the molecule is O=C(NCC(O)CN1CCc2ccccc2C1)c1ccnc(NC2CCN(CC(F)(F)F)C2)c1. The first-order valence-corrected chi connectivity index (χ1v) is 11.5. The Morgan fingerprint density at radius 3 is 2.76 bits per heavy atom. The van der Waals surface area contributed by atoms with Gasteiger partial charge in [-0.2, -0.15) is 13.2 Å². The van der Waals surface area contributed by atoms with Gasteiger partial charge in [0, 0.05) is 57.1 Å². The van der Waals surface area contributed by atoms with Crippen LogP contribution in [0, 0.1) is 0 Å². The van der Waals surface area contributed by atoms with Crippen LogP contribution in [0.15, 0.2) is 42.6 Å². The van der Waals surface area contributed by atoms with Crippen molar-refractivity contribution in [1.29, 1.82) is 0 Å². The zero-order valence-corrected chi connectivity index (χ0v) is 18.9. The molecule has 0 saturated carbocycles. The third-order valence-corrected chi connectivity index (χ3v) is 6.23. The molecule has 1 saturated heterocycles. The van der Waals surface area contributed by atoms with Gasteiger partial charge in [0.1, 0.15) is 5.82 Å². The van der Waals surface area contributed by atoms with Gasteiger partial charge in [0.25, 0.3) is 5.91 Å². The van der Waals surface area contributed by atoms with Crippen molar-refractivity contribution in [2.45, 2.75) is 37.7 Å². The molecule has 0 spiro atoms. The smallest absolute Gasteiger partial charge is 0.390 e. The molecule has 0 bridgehead atoms. The second kappa shape index (κ2) is 10.7. The Bertz CT molecular complexity index is 987. The monoisotopic (exact) mass is 477 g/mol. The summed E-state index contributed by atoms with van der Waals surface area (Å²) in [6.07, 6.45) is -1.92. The van der Waals surface area contributed by atoms with Gasteiger partial charge in [-0.05, 0) is 36.1 Å². The molecule has 2 aromatic rings. The molecule has 184 valence electrons. The maximum absolute atomic E-state index is 12.6. The van der Waals surface area contributed by atoms with Crippen LogP contribution in [0.1, 0.15) is 27.9 Å². The molecule has 2 atom stereocenters. The van der Waals surface area contributed by atoms with E-state index in [-0.39, 0.29) is 25.0 Å². The fourth-order valence-corrected chi connectivity index (χ4v) is 4.59. The molecule has 3 N–H and O–H groups in total. The number of pyridine rings is 1. The highest BCUT2D eigenvalue weighted by molar-refractivity contribution is 5.94. The van der Waals surface area contributed by atoms with E-state index in [9.17, 15) is 23.1 Å². The molecular formula is C24H30F3N5O2. The number of carbonyl (C=O) groups excluding carboxylic acids is 1. The summed E-state index contributed by atoms with van der Waals surface area (Å²) in [6.45, 7) is 1.94. The summed E-state index contributed by atoms with van der Waals surface area (Å²) in [5.41, 5.74) is 2.99. The Morgan fingerprint density at radius 2 is 1.97 bits per heavy atom. The lowest BCUT2D eigenvalue weighted by molar-refractivity contribution is -0.143. The zero-order valence-electron chi connectivity index (χ0n) is 18.9. The summed E-state index contributed by atoms with van der Waals surface area (Å²) in [6, 6.07) is 11.3. The van der Waals surface area contributed by atoms with E-state index in [1.165, 1.54) is 22.2 Å². The highest BCUT2D eigenvalue weighted by atomic mass is 19.4. The van der Waals surface area contributed by atoms with Crippen LogP contribution in [-0.4, -0.2) is 83.4 Å². The van der Waals surface area contributed by atoms with Crippen molar-refractivity contribution in [3.05, 3.63) is 59.3 Å². The van der Waals surface area contributed by atoms with Gasteiger partial charge in [-0.15, -0.1) is 0 Å². The Balaban J connectivity index is 1.23. The Hall–Kier alpha value is -2.69. The summed E-state index contributed by atoms with van der Waals surface area (Å²) in [7, 11) is 0. The number of amides is 1. The molecule has 0 radical (unpaired) electrons. The fourth-order valence-electron chi connectivity index (χ4n) is 4.59. The minimum absolute atomic E-state index is 0.122. The molecule has 2 unspecified atom stereocenters.